The van der Waals surface area contributed by atoms with Gasteiger partial charge in [-0.05, 0) is 35.7 Å². The standard InChI is InChI=1S/C23H22ClN3O5.2Na/c1-13-12-27(2)22(31)20(21(13)30)26-23(32)25-18(11-19(28)29)15-7-5-6-14(10-15)16-8-3-4-9-17(16)24;;/h3-10,12,18,30H,11H2,1-2H3,(H,28,29)(H2,25,26,32);;/q;2*+1/p-2. The van der Waals surface area contributed by atoms with Gasteiger partial charge in [0.15, 0.2) is 0 Å². The fraction of sp³-hybridized carbons (Fsp3) is 0.174. The first kappa shape index (κ1) is 30.3. The third kappa shape index (κ3) is 7.36. The molecule has 3 rings (SSSR count). The van der Waals surface area contributed by atoms with E-state index in [2.05, 4.69) is 10.6 Å². The summed E-state index contributed by atoms with van der Waals surface area (Å²) in [4.78, 5) is 36.1. The quantitative estimate of drug-likeness (QED) is 0.335. The average molecular weight is 500 g/mol. The second-order valence-corrected chi connectivity index (χ2v) is 7.67. The Balaban J connectivity index is 0.00000289. The Morgan fingerprint density at radius 3 is 2.44 bits per heavy atom. The number of hydrogen-bond acceptors (Lipinski definition) is 5. The number of aryl methyl sites for hydroxylation is 2. The topological polar surface area (TPSA) is 126 Å². The van der Waals surface area contributed by atoms with E-state index in [-0.39, 0.29) is 64.7 Å². The number of carboxylic acid groups (broad SMARTS) is 1. The number of carbonyl (C=O) groups is 2. The minimum absolute atomic E-state index is 0. The van der Waals surface area contributed by atoms with Crippen molar-refractivity contribution in [2.45, 2.75) is 19.4 Å². The Bertz CT molecular complexity index is 1250. The molecule has 0 spiro atoms. The molecule has 0 bridgehead atoms. The molecule has 1 heterocycles. The summed E-state index contributed by atoms with van der Waals surface area (Å²) in [6, 6.07) is 12.2. The van der Waals surface area contributed by atoms with Crippen molar-refractivity contribution < 1.29 is 78.9 Å². The van der Waals surface area contributed by atoms with Gasteiger partial charge >= 0.3 is 65.1 Å². The number of carboxylic acids is 1. The van der Waals surface area contributed by atoms with Crippen molar-refractivity contribution in [2.24, 2.45) is 7.05 Å². The van der Waals surface area contributed by atoms with Crippen LogP contribution in [0.25, 0.3) is 11.1 Å². The van der Waals surface area contributed by atoms with E-state index in [1.165, 1.54) is 24.7 Å². The first-order valence-electron chi connectivity index (χ1n) is 9.67. The van der Waals surface area contributed by atoms with E-state index in [1.807, 2.05) is 12.1 Å². The number of aromatic nitrogens is 1. The summed E-state index contributed by atoms with van der Waals surface area (Å²) in [5.41, 5.74) is 1.15. The fourth-order valence-electron chi connectivity index (χ4n) is 3.33. The van der Waals surface area contributed by atoms with E-state index < -0.39 is 41.5 Å². The summed E-state index contributed by atoms with van der Waals surface area (Å²) in [6.07, 6.45) is 0.850. The van der Waals surface area contributed by atoms with Crippen molar-refractivity contribution in [3.05, 3.63) is 81.2 Å². The zero-order valence-corrected chi connectivity index (χ0v) is 24.1. The Hall–Kier alpha value is -1.78. The summed E-state index contributed by atoms with van der Waals surface area (Å²) >= 11 is 6.26. The van der Waals surface area contributed by atoms with Crippen LogP contribution in [0.15, 0.2) is 59.5 Å². The van der Waals surface area contributed by atoms with Gasteiger partial charge in [0.1, 0.15) is 5.69 Å². The number of anilines is 1. The summed E-state index contributed by atoms with van der Waals surface area (Å²) in [6.45, 7) is 1.52. The maximum absolute atomic E-state index is 12.6. The Morgan fingerprint density at radius 1 is 1.12 bits per heavy atom. The molecule has 0 saturated carbocycles. The first-order chi connectivity index (χ1) is 15.2. The number of urea groups is 1. The zero-order chi connectivity index (χ0) is 23.4. The fourth-order valence-corrected chi connectivity index (χ4v) is 3.58. The minimum Gasteiger partial charge on any atom is -0.871 e. The molecule has 2 amide bonds. The number of hydrogen-bond donors (Lipinski definition) is 2. The van der Waals surface area contributed by atoms with Crippen molar-refractivity contribution >= 4 is 29.3 Å². The van der Waals surface area contributed by atoms with E-state index in [9.17, 15) is 24.6 Å². The van der Waals surface area contributed by atoms with Crippen LogP contribution in [0.4, 0.5) is 10.5 Å². The average Bonchev–Trinajstić information content (AvgIpc) is 2.75. The van der Waals surface area contributed by atoms with Crippen molar-refractivity contribution in [1.82, 2.24) is 9.88 Å². The Kier molecular flexibility index (Phi) is 11.9. The summed E-state index contributed by atoms with van der Waals surface area (Å²) in [7, 11) is 1.46. The molecule has 11 heteroatoms. The molecule has 0 fully saturated rings. The molecule has 1 unspecified atom stereocenters. The number of rotatable bonds is 6. The molecule has 0 radical (unpaired) electrons. The molecule has 3 aromatic rings. The molecule has 0 aliphatic heterocycles. The Labute approximate surface area is 245 Å². The molecule has 34 heavy (non-hydrogen) atoms. The van der Waals surface area contributed by atoms with Crippen LogP contribution in [0.1, 0.15) is 23.6 Å². The van der Waals surface area contributed by atoms with Crippen LogP contribution < -0.4 is 85.5 Å². The van der Waals surface area contributed by atoms with Gasteiger partial charge in [0.2, 0.25) is 0 Å². The number of aliphatic carboxylic acids is 1. The number of amides is 2. The van der Waals surface area contributed by atoms with Gasteiger partial charge in [-0.15, -0.1) is 0 Å². The van der Waals surface area contributed by atoms with Crippen LogP contribution in [-0.2, 0) is 11.8 Å². The van der Waals surface area contributed by atoms with Gasteiger partial charge in [-0.3, -0.25) is 4.79 Å². The maximum atomic E-state index is 12.6. The van der Waals surface area contributed by atoms with Gasteiger partial charge in [-0.2, -0.15) is 0 Å². The van der Waals surface area contributed by atoms with E-state index >= 15 is 0 Å². The molecule has 166 valence electrons. The molecule has 8 nitrogen and oxygen atoms in total. The van der Waals surface area contributed by atoms with Crippen LogP contribution in [-0.4, -0.2) is 16.6 Å². The van der Waals surface area contributed by atoms with Crippen molar-refractivity contribution in [1.29, 1.82) is 0 Å². The summed E-state index contributed by atoms with van der Waals surface area (Å²) in [5, 5.41) is 28.9. The molecular weight excluding hydrogens is 480 g/mol. The van der Waals surface area contributed by atoms with Crippen LogP contribution in [0, 0.1) is 6.92 Å². The van der Waals surface area contributed by atoms with Crippen LogP contribution in [0.5, 0.6) is 5.75 Å². The van der Waals surface area contributed by atoms with Gasteiger partial charge in [0, 0.05) is 36.2 Å². The number of pyridine rings is 1. The van der Waals surface area contributed by atoms with Gasteiger partial charge in [-0.25, -0.2) is 4.79 Å². The normalized spacial score (nSPS) is 10.9. The molecule has 2 N–H and O–H groups in total. The zero-order valence-electron chi connectivity index (χ0n) is 19.3. The molecule has 1 atom stereocenters. The predicted molar refractivity (Wildman–Crippen MR) is 117 cm³/mol. The maximum Gasteiger partial charge on any atom is 1.00 e. The van der Waals surface area contributed by atoms with Crippen molar-refractivity contribution in [3.63, 3.8) is 0 Å². The van der Waals surface area contributed by atoms with E-state index in [1.54, 1.807) is 36.4 Å². The predicted octanol–water partition coefficient (Wildman–Crippen LogP) is -3.90. The number of halogens is 1. The van der Waals surface area contributed by atoms with Gasteiger partial charge in [-0.1, -0.05) is 53.7 Å². The molecule has 0 aliphatic carbocycles. The second kappa shape index (κ2) is 13.3. The third-order valence-electron chi connectivity index (χ3n) is 4.90. The van der Waals surface area contributed by atoms with E-state index in [4.69, 9.17) is 11.6 Å². The smallest absolute Gasteiger partial charge is 0.871 e. The number of nitrogens with zero attached hydrogens (tertiary/aromatic N) is 1. The summed E-state index contributed by atoms with van der Waals surface area (Å²) < 4.78 is 1.18. The molecule has 1 aromatic heterocycles. The minimum atomic E-state index is -1.38. The molecular formula is C23H20ClN3Na2O5. The first-order valence-corrected chi connectivity index (χ1v) is 10.0. The largest absolute Gasteiger partial charge is 1.00 e. The molecule has 0 saturated heterocycles. The second-order valence-electron chi connectivity index (χ2n) is 7.26. The number of nitrogens with one attached hydrogen (secondary N) is 2. The monoisotopic (exact) mass is 499 g/mol. The van der Waals surface area contributed by atoms with Gasteiger partial charge in [0.25, 0.3) is 5.56 Å². The van der Waals surface area contributed by atoms with E-state index in [0.717, 1.165) is 11.1 Å². The third-order valence-corrected chi connectivity index (χ3v) is 5.22. The van der Waals surface area contributed by atoms with Crippen LogP contribution in [0.2, 0.25) is 5.02 Å². The number of carbonyl (C=O) groups excluding carboxylic acids is 2. The summed E-state index contributed by atoms with van der Waals surface area (Å²) in [5.74, 6) is -1.99. The molecule has 0 aliphatic rings. The Morgan fingerprint density at radius 2 is 1.79 bits per heavy atom. The van der Waals surface area contributed by atoms with Crippen LogP contribution >= 0.6 is 11.6 Å². The number of benzene rings is 2. The van der Waals surface area contributed by atoms with Crippen molar-refractivity contribution in [2.75, 3.05) is 5.32 Å². The SMILES string of the molecule is Cc1cn(C)c(=O)c(NC(=O)NC(CC(=O)[O-])c2cccc(-c3ccccc3Cl)c2)c1[O-].[Na+].[Na+]. The van der Waals surface area contributed by atoms with Crippen molar-refractivity contribution in [3.8, 4) is 16.9 Å². The van der Waals surface area contributed by atoms with Crippen LogP contribution in [0.3, 0.4) is 0 Å². The van der Waals surface area contributed by atoms with E-state index in [0.29, 0.717) is 10.6 Å². The van der Waals surface area contributed by atoms with Gasteiger partial charge in [0.05, 0.1) is 6.04 Å². The van der Waals surface area contributed by atoms with Gasteiger partial charge < -0.3 is 30.2 Å². The molecule has 2 aromatic carbocycles.